The summed E-state index contributed by atoms with van der Waals surface area (Å²) < 4.78 is 0. The molecule has 1 heteroatoms. The van der Waals surface area contributed by atoms with Crippen molar-refractivity contribution in [2.75, 3.05) is 5.73 Å². The first kappa shape index (κ1) is 8.34. The van der Waals surface area contributed by atoms with Crippen LogP contribution < -0.4 is 5.73 Å². The van der Waals surface area contributed by atoms with Crippen LogP contribution in [0.25, 0.3) is 0 Å². The second kappa shape index (κ2) is 3.01. The van der Waals surface area contributed by atoms with Crippen molar-refractivity contribution in [1.82, 2.24) is 0 Å². The molecule has 1 aromatic carbocycles. The molecule has 0 bridgehead atoms. The predicted octanol–water partition coefficient (Wildman–Crippen LogP) is 3.17. The van der Waals surface area contributed by atoms with Gasteiger partial charge < -0.3 is 5.73 Å². The quantitative estimate of drug-likeness (QED) is 0.723. The molecule has 2 unspecified atom stereocenters. The molecule has 0 radical (unpaired) electrons. The highest BCUT2D eigenvalue weighted by molar-refractivity contribution is 5.41. The molecule has 0 aliphatic heterocycles. The molecule has 2 saturated carbocycles. The molecule has 0 heterocycles. The van der Waals surface area contributed by atoms with E-state index < -0.39 is 0 Å². The summed E-state index contributed by atoms with van der Waals surface area (Å²) in [4.78, 5) is 0. The second-order valence-corrected chi connectivity index (χ2v) is 4.95. The first-order valence-electron chi connectivity index (χ1n) is 5.68. The maximum Gasteiger partial charge on any atom is 0.0314 e. The molecular formula is C13H17N. The van der Waals surface area contributed by atoms with E-state index in [-0.39, 0.29) is 0 Å². The Balaban J connectivity index is 1.63. The summed E-state index contributed by atoms with van der Waals surface area (Å²) in [7, 11) is 0. The summed E-state index contributed by atoms with van der Waals surface area (Å²) in [5.41, 5.74) is 8.06. The van der Waals surface area contributed by atoms with Gasteiger partial charge in [-0.2, -0.15) is 0 Å². The lowest BCUT2D eigenvalue weighted by Gasteiger charge is -2.00. The lowest BCUT2D eigenvalue weighted by molar-refractivity contribution is 0.636. The molecule has 14 heavy (non-hydrogen) atoms. The van der Waals surface area contributed by atoms with Crippen LogP contribution in [-0.2, 0) is 0 Å². The Morgan fingerprint density at radius 2 is 1.86 bits per heavy atom. The van der Waals surface area contributed by atoms with Crippen LogP contribution in [0.2, 0.25) is 0 Å². The van der Waals surface area contributed by atoms with E-state index >= 15 is 0 Å². The highest BCUT2D eigenvalue weighted by atomic mass is 14.5. The molecule has 0 spiro atoms. The molecule has 2 N–H and O–H groups in total. The number of nitrogens with two attached hydrogens (primary N) is 1. The Morgan fingerprint density at radius 1 is 1.14 bits per heavy atom. The van der Waals surface area contributed by atoms with E-state index in [0.29, 0.717) is 0 Å². The number of nitrogen functional groups attached to an aromatic ring is 1. The van der Waals surface area contributed by atoms with Crippen LogP contribution in [0.5, 0.6) is 0 Å². The van der Waals surface area contributed by atoms with Crippen LogP contribution in [0, 0.1) is 11.8 Å². The molecule has 74 valence electrons. The van der Waals surface area contributed by atoms with Crippen LogP contribution in [-0.4, -0.2) is 0 Å². The molecule has 2 atom stereocenters. The second-order valence-electron chi connectivity index (χ2n) is 4.95. The molecular weight excluding hydrogens is 170 g/mol. The molecule has 2 fully saturated rings. The van der Waals surface area contributed by atoms with E-state index in [0.717, 1.165) is 23.4 Å². The fourth-order valence-corrected chi connectivity index (χ4v) is 2.44. The van der Waals surface area contributed by atoms with Crippen LogP contribution in [0.1, 0.15) is 37.2 Å². The van der Waals surface area contributed by atoms with Crippen molar-refractivity contribution < 1.29 is 0 Å². The van der Waals surface area contributed by atoms with Gasteiger partial charge in [0.25, 0.3) is 0 Å². The first-order valence-corrected chi connectivity index (χ1v) is 5.68. The number of hydrogen-bond donors (Lipinski definition) is 1. The summed E-state index contributed by atoms with van der Waals surface area (Å²) >= 11 is 0. The maximum absolute atomic E-state index is 5.67. The Morgan fingerprint density at radius 3 is 2.50 bits per heavy atom. The van der Waals surface area contributed by atoms with E-state index in [1.165, 1.54) is 31.2 Å². The minimum Gasteiger partial charge on any atom is -0.399 e. The van der Waals surface area contributed by atoms with E-state index in [2.05, 4.69) is 12.1 Å². The fraction of sp³-hybridized carbons (Fsp3) is 0.538. The van der Waals surface area contributed by atoms with Gasteiger partial charge in [0.05, 0.1) is 0 Å². The molecule has 1 nitrogen and oxygen atoms in total. The van der Waals surface area contributed by atoms with Crippen LogP contribution in [0.4, 0.5) is 5.69 Å². The smallest absolute Gasteiger partial charge is 0.0314 e. The minimum atomic E-state index is 0.858. The van der Waals surface area contributed by atoms with Gasteiger partial charge >= 0.3 is 0 Å². The third kappa shape index (κ3) is 1.63. The Bertz CT molecular complexity index is 324. The highest BCUT2D eigenvalue weighted by Crippen LogP contribution is 2.54. The molecule has 1 aromatic rings. The molecule has 2 aliphatic carbocycles. The number of hydrogen-bond acceptors (Lipinski definition) is 1. The van der Waals surface area contributed by atoms with Crippen molar-refractivity contribution >= 4 is 5.69 Å². The Labute approximate surface area is 85.3 Å². The fourth-order valence-electron chi connectivity index (χ4n) is 2.44. The van der Waals surface area contributed by atoms with E-state index in [1.807, 2.05) is 12.1 Å². The van der Waals surface area contributed by atoms with Gasteiger partial charge in [-0.3, -0.25) is 0 Å². The summed E-state index contributed by atoms with van der Waals surface area (Å²) in [6.07, 6.45) is 5.88. The maximum atomic E-state index is 5.67. The number of anilines is 1. The van der Waals surface area contributed by atoms with Gasteiger partial charge in [0, 0.05) is 5.69 Å². The Hall–Kier alpha value is -0.980. The van der Waals surface area contributed by atoms with Crippen molar-refractivity contribution in [2.45, 2.75) is 31.6 Å². The zero-order chi connectivity index (χ0) is 9.54. The molecule has 0 saturated heterocycles. The summed E-state index contributed by atoms with van der Waals surface area (Å²) in [6, 6.07) is 8.46. The van der Waals surface area contributed by atoms with E-state index in [1.54, 1.807) is 0 Å². The summed E-state index contributed by atoms with van der Waals surface area (Å²) in [5.74, 6) is 2.93. The first-order chi connectivity index (χ1) is 6.83. The van der Waals surface area contributed by atoms with Crippen molar-refractivity contribution in [3.05, 3.63) is 29.8 Å². The standard InChI is InChI=1S/C13H17N/c14-12-5-3-10(4-6-12)13-8-11(13)7-9-1-2-9/h3-6,9,11,13H,1-2,7-8,14H2. The normalized spacial score (nSPS) is 30.3. The van der Waals surface area contributed by atoms with Gasteiger partial charge in [0.2, 0.25) is 0 Å². The van der Waals surface area contributed by atoms with Gasteiger partial charge in [0.1, 0.15) is 0 Å². The van der Waals surface area contributed by atoms with Crippen LogP contribution in [0.15, 0.2) is 24.3 Å². The Kier molecular flexibility index (Phi) is 1.79. The van der Waals surface area contributed by atoms with Crippen molar-refractivity contribution in [1.29, 1.82) is 0 Å². The minimum absolute atomic E-state index is 0.858. The monoisotopic (exact) mass is 187 g/mol. The van der Waals surface area contributed by atoms with E-state index in [4.69, 9.17) is 5.73 Å². The number of benzene rings is 1. The predicted molar refractivity (Wildman–Crippen MR) is 59.0 cm³/mol. The van der Waals surface area contributed by atoms with Gasteiger partial charge in [0.15, 0.2) is 0 Å². The lowest BCUT2D eigenvalue weighted by atomic mass is 10.1. The third-order valence-corrected chi connectivity index (χ3v) is 3.62. The number of rotatable bonds is 3. The SMILES string of the molecule is Nc1ccc(C2CC2CC2CC2)cc1. The molecule has 3 rings (SSSR count). The molecule has 0 aromatic heterocycles. The lowest BCUT2D eigenvalue weighted by Crippen LogP contribution is -1.87. The topological polar surface area (TPSA) is 26.0 Å². The van der Waals surface area contributed by atoms with Gasteiger partial charge in [-0.25, -0.2) is 0 Å². The molecule has 0 amide bonds. The molecule has 2 aliphatic rings. The van der Waals surface area contributed by atoms with Gasteiger partial charge in [-0.05, 0) is 48.3 Å². The largest absolute Gasteiger partial charge is 0.399 e. The van der Waals surface area contributed by atoms with Gasteiger partial charge in [-0.1, -0.05) is 25.0 Å². The van der Waals surface area contributed by atoms with Crippen molar-refractivity contribution in [2.24, 2.45) is 11.8 Å². The summed E-state index contributed by atoms with van der Waals surface area (Å²) in [6.45, 7) is 0. The average Bonchev–Trinajstić information content (AvgIpc) is 3.05. The third-order valence-electron chi connectivity index (χ3n) is 3.62. The van der Waals surface area contributed by atoms with Gasteiger partial charge in [-0.15, -0.1) is 0 Å². The zero-order valence-corrected chi connectivity index (χ0v) is 8.45. The van der Waals surface area contributed by atoms with Crippen LogP contribution >= 0.6 is 0 Å². The zero-order valence-electron chi connectivity index (χ0n) is 8.45. The summed E-state index contributed by atoms with van der Waals surface area (Å²) in [5, 5.41) is 0. The van der Waals surface area contributed by atoms with Crippen LogP contribution in [0.3, 0.4) is 0 Å². The average molecular weight is 187 g/mol. The highest BCUT2D eigenvalue weighted by Gasteiger charge is 2.41. The van der Waals surface area contributed by atoms with E-state index in [9.17, 15) is 0 Å². The van der Waals surface area contributed by atoms with Crippen molar-refractivity contribution in [3.63, 3.8) is 0 Å². The van der Waals surface area contributed by atoms with Crippen molar-refractivity contribution in [3.8, 4) is 0 Å².